The van der Waals surface area contributed by atoms with E-state index in [4.69, 9.17) is 4.42 Å². The molecule has 0 saturated carbocycles. The van der Waals surface area contributed by atoms with Crippen LogP contribution < -0.4 is 4.72 Å². The van der Waals surface area contributed by atoms with Gasteiger partial charge < -0.3 is 14.4 Å². The van der Waals surface area contributed by atoms with Crippen LogP contribution in [0, 0.1) is 0 Å². The summed E-state index contributed by atoms with van der Waals surface area (Å²) in [6.07, 6.45) is 5.19. The van der Waals surface area contributed by atoms with Crippen LogP contribution in [0.3, 0.4) is 0 Å². The van der Waals surface area contributed by atoms with E-state index in [1.165, 1.54) is 0 Å². The van der Waals surface area contributed by atoms with Crippen molar-refractivity contribution in [1.82, 2.24) is 9.88 Å². The highest BCUT2D eigenvalue weighted by Crippen LogP contribution is 2.32. The average Bonchev–Trinajstić information content (AvgIpc) is 3.28. The topological polar surface area (TPSA) is 95.7 Å². The summed E-state index contributed by atoms with van der Waals surface area (Å²) < 4.78 is 34.0. The Morgan fingerprint density at radius 1 is 1.03 bits per heavy atom. The van der Waals surface area contributed by atoms with Gasteiger partial charge in [-0.15, -0.1) is 0 Å². The molecule has 1 unspecified atom stereocenters. The lowest BCUT2D eigenvalue weighted by atomic mass is 9.92. The van der Waals surface area contributed by atoms with E-state index in [-0.39, 0.29) is 10.8 Å². The van der Waals surface area contributed by atoms with Gasteiger partial charge in [0, 0.05) is 36.0 Å². The number of fused-ring (bicyclic) bond motifs is 1. The predicted molar refractivity (Wildman–Crippen MR) is 136 cm³/mol. The number of rotatable bonds is 8. The maximum Gasteiger partial charge on any atom is 0.261 e. The molecule has 0 radical (unpaired) electrons. The first-order valence-corrected chi connectivity index (χ1v) is 13.4. The summed E-state index contributed by atoms with van der Waals surface area (Å²) >= 11 is 0. The number of pyridine rings is 1. The van der Waals surface area contributed by atoms with Crippen molar-refractivity contribution in [2.45, 2.75) is 36.2 Å². The highest BCUT2D eigenvalue weighted by atomic mass is 32.2. The molecule has 3 heterocycles. The van der Waals surface area contributed by atoms with Crippen molar-refractivity contribution in [3.8, 4) is 0 Å². The fourth-order valence-corrected chi connectivity index (χ4v) is 5.92. The van der Waals surface area contributed by atoms with Gasteiger partial charge >= 0.3 is 0 Å². The molecule has 35 heavy (non-hydrogen) atoms. The second kappa shape index (κ2) is 10.2. The molecular weight excluding hydrogens is 462 g/mol. The van der Waals surface area contributed by atoms with E-state index in [1.807, 2.05) is 24.3 Å². The van der Waals surface area contributed by atoms with Crippen LogP contribution in [0.4, 0.5) is 5.69 Å². The molecule has 7 nitrogen and oxygen atoms in total. The molecule has 8 heteroatoms. The summed E-state index contributed by atoms with van der Waals surface area (Å²) in [4.78, 5) is 7.03. The van der Waals surface area contributed by atoms with Gasteiger partial charge in [0.1, 0.15) is 5.58 Å². The number of hydrogen-bond donors (Lipinski definition) is 2. The number of anilines is 1. The largest absolute Gasteiger partial charge is 0.464 e. The Kier molecular flexibility index (Phi) is 6.86. The third-order valence-corrected chi connectivity index (χ3v) is 7.98. The van der Waals surface area contributed by atoms with Crippen LogP contribution >= 0.6 is 0 Å². The second-order valence-corrected chi connectivity index (χ2v) is 10.7. The van der Waals surface area contributed by atoms with Gasteiger partial charge in [-0.2, -0.15) is 0 Å². The van der Waals surface area contributed by atoms with Crippen molar-refractivity contribution in [2.24, 2.45) is 0 Å². The Bertz CT molecular complexity index is 1380. The first-order valence-electron chi connectivity index (χ1n) is 11.9. The number of para-hydroxylation sites is 1. The minimum atomic E-state index is -3.68. The molecule has 1 aliphatic heterocycles. The maximum atomic E-state index is 12.8. The zero-order valence-electron chi connectivity index (χ0n) is 19.4. The molecule has 0 amide bonds. The number of β-amino-alcohol motifs (C(OH)–C–C–N with tert-alkyl or cyclic N) is 1. The number of sulfonamides is 1. The highest BCUT2D eigenvalue weighted by Gasteiger charge is 2.26. The standard InChI is InChI=1S/C27H29N3O4S/c31-22(17-21-19-34-26-11-5-4-9-24(21)26)18-30-15-12-20(13-16-30)27-25(10-6-14-28-27)29-35(32,33)23-7-2-1-3-8-23/h1-11,14,19-20,22,29,31H,12-13,15-18H2. The maximum absolute atomic E-state index is 12.8. The molecule has 1 aliphatic rings. The monoisotopic (exact) mass is 491 g/mol. The molecule has 1 saturated heterocycles. The smallest absolute Gasteiger partial charge is 0.261 e. The number of aliphatic hydroxyl groups is 1. The Morgan fingerprint density at radius 2 is 1.77 bits per heavy atom. The minimum absolute atomic E-state index is 0.149. The van der Waals surface area contributed by atoms with Crippen LogP contribution in [0.15, 0.2) is 88.5 Å². The summed E-state index contributed by atoms with van der Waals surface area (Å²) in [7, 11) is -3.68. The molecule has 2 aromatic carbocycles. The number of aromatic nitrogens is 1. The summed E-state index contributed by atoms with van der Waals surface area (Å²) in [5.74, 6) is 0.149. The Balaban J connectivity index is 1.20. The van der Waals surface area contributed by atoms with Crippen molar-refractivity contribution in [3.63, 3.8) is 0 Å². The lowest BCUT2D eigenvalue weighted by molar-refractivity contribution is 0.0970. The molecule has 2 aromatic heterocycles. The van der Waals surface area contributed by atoms with Crippen LogP contribution in [0.5, 0.6) is 0 Å². The van der Waals surface area contributed by atoms with Crippen molar-refractivity contribution in [3.05, 3.63) is 90.4 Å². The van der Waals surface area contributed by atoms with E-state index in [0.29, 0.717) is 18.7 Å². The minimum Gasteiger partial charge on any atom is -0.464 e. The lowest BCUT2D eigenvalue weighted by Gasteiger charge is -2.33. The number of piperidine rings is 1. The zero-order valence-corrected chi connectivity index (χ0v) is 20.2. The molecule has 0 aliphatic carbocycles. The van der Waals surface area contributed by atoms with Gasteiger partial charge in [0.05, 0.1) is 28.6 Å². The molecular formula is C27H29N3O4S. The lowest BCUT2D eigenvalue weighted by Crippen LogP contribution is -2.39. The Hall–Kier alpha value is -3.20. The fraction of sp³-hybridized carbons (Fsp3) is 0.296. The van der Waals surface area contributed by atoms with Crippen LogP contribution in [-0.2, 0) is 16.4 Å². The van der Waals surface area contributed by atoms with Crippen molar-refractivity contribution >= 4 is 26.7 Å². The number of aliphatic hydroxyl groups excluding tert-OH is 1. The summed E-state index contributed by atoms with van der Waals surface area (Å²) in [5.41, 5.74) is 3.16. The normalized spacial score (nSPS) is 16.4. The molecule has 4 aromatic rings. The van der Waals surface area contributed by atoms with Crippen LogP contribution in [0.2, 0.25) is 0 Å². The van der Waals surface area contributed by atoms with E-state index >= 15 is 0 Å². The molecule has 0 bridgehead atoms. The van der Waals surface area contributed by atoms with E-state index in [0.717, 1.165) is 48.2 Å². The number of hydrogen-bond acceptors (Lipinski definition) is 6. The Morgan fingerprint density at radius 3 is 2.57 bits per heavy atom. The van der Waals surface area contributed by atoms with Crippen LogP contribution in [0.1, 0.15) is 30.0 Å². The van der Waals surface area contributed by atoms with Gasteiger partial charge in [0.2, 0.25) is 0 Å². The quantitative estimate of drug-likeness (QED) is 0.379. The van der Waals surface area contributed by atoms with E-state index in [9.17, 15) is 13.5 Å². The summed E-state index contributed by atoms with van der Waals surface area (Å²) in [5, 5.41) is 11.8. The van der Waals surface area contributed by atoms with E-state index in [2.05, 4.69) is 14.6 Å². The fourth-order valence-electron chi connectivity index (χ4n) is 4.83. The number of nitrogens with zero attached hydrogens (tertiary/aromatic N) is 2. The molecule has 5 rings (SSSR count). The molecule has 182 valence electrons. The third-order valence-electron chi connectivity index (χ3n) is 6.60. The van der Waals surface area contributed by atoms with Gasteiger partial charge in [-0.25, -0.2) is 8.42 Å². The highest BCUT2D eigenvalue weighted by molar-refractivity contribution is 7.92. The second-order valence-electron chi connectivity index (χ2n) is 9.04. The SMILES string of the molecule is O=S(=O)(Nc1cccnc1C1CCN(CC(O)Cc2coc3ccccc23)CC1)c1ccccc1. The van der Waals surface area contributed by atoms with Crippen molar-refractivity contribution in [1.29, 1.82) is 0 Å². The third kappa shape index (κ3) is 5.40. The predicted octanol–water partition coefficient (Wildman–Crippen LogP) is 4.41. The van der Waals surface area contributed by atoms with Gasteiger partial charge in [0.15, 0.2) is 0 Å². The zero-order chi connectivity index (χ0) is 24.3. The number of nitrogens with one attached hydrogen (secondary N) is 1. The van der Waals surface area contributed by atoms with Gasteiger partial charge in [-0.05, 0) is 56.3 Å². The number of furan rings is 1. The van der Waals surface area contributed by atoms with Gasteiger partial charge in [0.25, 0.3) is 10.0 Å². The summed E-state index contributed by atoms with van der Waals surface area (Å²) in [6.45, 7) is 2.21. The number of likely N-dealkylation sites (tertiary alicyclic amines) is 1. The summed E-state index contributed by atoms with van der Waals surface area (Å²) in [6, 6.07) is 19.7. The van der Waals surface area contributed by atoms with Crippen LogP contribution in [0.25, 0.3) is 11.0 Å². The van der Waals surface area contributed by atoms with Gasteiger partial charge in [-0.1, -0.05) is 36.4 Å². The molecule has 2 N–H and O–H groups in total. The Labute approximate surface area is 205 Å². The van der Waals surface area contributed by atoms with Crippen LogP contribution in [-0.4, -0.2) is 49.1 Å². The van der Waals surface area contributed by atoms with E-state index < -0.39 is 16.1 Å². The molecule has 0 spiro atoms. The van der Waals surface area contributed by atoms with Crippen molar-refractivity contribution in [2.75, 3.05) is 24.4 Å². The molecule has 1 atom stereocenters. The first kappa shape index (κ1) is 23.5. The molecule has 1 fully saturated rings. The average molecular weight is 492 g/mol. The van der Waals surface area contributed by atoms with Crippen molar-refractivity contribution < 1.29 is 17.9 Å². The van der Waals surface area contributed by atoms with Gasteiger partial charge in [-0.3, -0.25) is 9.71 Å². The number of benzene rings is 2. The first-order chi connectivity index (χ1) is 17.0. The van der Waals surface area contributed by atoms with E-state index in [1.54, 1.807) is 54.9 Å².